The van der Waals surface area contributed by atoms with Crippen LogP contribution in [-0.2, 0) is 0 Å². The summed E-state index contributed by atoms with van der Waals surface area (Å²) in [7, 11) is 0. The lowest BCUT2D eigenvalue weighted by molar-refractivity contribution is 0.850. The molecule has 0 aromatic heterocycles. The lowest BCUT2D eigenvalue weighted by Gasteiger charge is -1.77. The van der Waals surface area contributed by atoms with Crippen LogP contribution in [-0.4, -0.2) is 5.33 Å². The summed E-state index contributed by atoms with van der Waals surface area (Å²) in [5, 5.41) is 1.22. The molecular weight excluding hydrogens is 140 g/mol. The van der Waals surface area contributed by atoms with Gasteiger partial charge in [0.25, 0.3) is 0 Å². The van der Waals surface area contributed by atoms with Gasteiger partial charge in [0.15, 0.2) is 0 Å². The predicted molar refractivity (Wildman–Crippen MR) is 31.1 cm³/mol. The number of halogens is 1. The van der Waals surface area contributed by atoms with Crippen LogP contribution >= 0.6 is 15.9 Å². The zero-order valence-electron chi connectivity index (χ0n) is 3.95. The second-order valence-corrected chi connectivity index (χ2v) is 2.77. The van der Waals surface area contributed by atoms with E-state index in [1.54, 1.807) is 0 Å². The van der Waals surface area contributed by atoms with E-state index < -0.39 is 0 Å². The van der Waals surface area contributed by atoms with Gasteiger partial charge in [-0.2, -0.15) is 0 Å². The number of rotatable bonds is 1. The van der Waals surface area contributed by atoms with Gasteiger partial charge in [0.2, 0.25) is 0 Å². The highest BCUT2D eigenvalue weighted by molar-refractivity contribution is 9.09. The van der Waals surface area contributed by atoms with Gasteiger partial charge in [0.1, 0.15) is 0 Å². The van der Waals surface area contributed by atoms with Gasteiger partial charge in [0.05, 0.1) is 0 Å². The third-order valence-electron chi connectivity index (χ3n) is 1.47. The fourth-order valence-corrected chi connectivity index (χ4v) is 1.52. The molecule has 6 heavy (non-hydrogen) atoms. The van der Waals surface area contributed by atoms with Crippen molar-refractivity contribution in [2.45, 2.75) is 13.3 Å². The van der Waals surface area contributed by atoms with Crippen molar-refractivity contribution in [3.05, 3.63) is 0 Å². The summed E-state index contributed by atoms with van der Waals surface area (Å²) >= 11 is 3.42. The second-order valence-electron chi connectivity index (χ2n) is 2.13. The summed E-state index contributed by atoms with van der Waals surface area (Å²) in [5.41, 5.74) is 0. The van der Waals surface area contributed by atoms with Crippen LogP contribution in [0.1, 0.15) is 13.3 Å². The lowest BCUT2D eigenvalue weighted by Crippen LogP contribution is -1.73. The molecule has 0 nitrogen and oxygen atoms in total. The molecule has 1 heteroatoms. The summed E-state index contributed by atoms with van der Waals surface area (Å²) < 4.78 is 0. The van der Waals surface area contributed by atoms with Crippen LogP contribution in [0.2, 0.25) is 0 Å². The van der Waals surface area contributed by atoms with Gasteiger partial charge < -0.3 is 0 Å². The Morgan fingerprint density at radius 2 is 2.33 bits per heavy atom. The van der Waals surface area contributed by atoms with Crippen molar-refractivity contribution >= 4 is 15.9 Å². The topological polar surface area (TPSA) is 0 Å². The fourth-order valence-electron chi connectivity index (χ4n) is 0.614. The minimum absolute atomic E-state index is 1.02. The van der Waals surface area contributed by atoms with E-state index in [1.165, 1.54) is 11.8 Å². The first-order chi connectivity index (χ1) is 2.84. The SMILES string of the molecule is C[C@H]1C[C@H]1CBr. The maximum atomic E-state index is 3.42. The Bertz CT molecular complexity index is 49.9. The zero-order chi connectivity index (χ0) is 4.57. The Morgan fingerprint density at radius 3 is 2.33 bits per heavy atom. The van der Waals surface area contributed by atoms with E-state index in [4.69, 9.17) is 0 Å². The third-order valence-corrected chi connectivity index (χ3v) is 2.31. The zero-order valence-corrected chi connectivity index (χ0v) is 5.53. The molecule has 0 unspecified atom stereocenters. The molecule has 0 spiro atoms. The Balaban J connectivity index is 2.09. The first-order valence-electron chi connectivity index (χ1n) is 2.40. The largest absolute Gasteiger partial charge is 0.0925 e. The minimum atomic E-state index is 1.02. The van der Waals surface area contributed by atoms with Crippen LogP contribution in [0.15, 0.2) is 0 Å². The molecule has 0 radical (unpaired) electrons. The summed E-state index contributed by atoms with van der Waals surface area (Å²) in [5.74, 6) is 2.04. The average Bonchev–Trinajstić information content (AvgIpc) is 2.19. The van der Waals surface area contributed by atoms with Crippen LogP contribution in [0.5, 0.6) is 0 Å². The normalized spacial score (nSPS) is 43.0. The molecule has 0 N–H and O–H groups in total. The van der Waals surface area contributed by atoms with Crippen LogP contribution in [0, 0.1) is 11.8 Å². The van der Waals surface area contributed by atoms with Gasteiger partial charge in [-0.05, 0) is 18.3 Å². The van der Waals surface area contributed by atoms with Gasteiger partial charge >= 0.3 is 0 Å². The molecule has 1 fully saturated rings. The third kappa shape index (κ3) is 0.754. The first kappa shape index (κ1) is 4.63. The molecule has 0 heterocycles. The van der Waals surface area contributed by atoms with E-state index in [9.17, 15) is 0 Å². The van der Waals surface area contributed by atoms with Crippen molar-refractivity contribution in [3.63, 3.8) is 0 Å². The highest BCUT2D eigenvalue weighted by Gasteiger charge is 2.30. The summed E-state index contributed by atoms with van der Waals surface area (Å²) in [4.78, 5) is 0. The van der Waals surface area contributed by atoms with E-state index in [0.29, 0.717) is 0 Å². The van der Waals surface area contributed by atoms with Gasteiger partial charge in [-0.15, -0.1) is 0 Å². The van der Waals surface area contributed by atoms with Crippen LogP contribution in [0.3, 0.4) is 0 Å². The second kappa shape index (κ2) is 1.53. The van der Waals surface area contributed by atoms with E-state index in [0.717, 1.165) is 11.8 Å². The van der Waals surface area contributed by atoms with Crippen LogP contribution in [0.4, 0.5) is 0 Å². The molecule has 0 bridgehead atoms. The van der Waals surface area contributed by atoms with Crippen molar-refractivity contribution in [1.29, 1.82) is 0 Å². The van der Waals surface area contributed by atoms with Crippen LogP contribution < -0.4 is 0 Å². The molecule has 0 aromatic carbocycles. The smallest absolute Gasteiger partial charge is 0.00623 e. The average molecular weight is 149 g/mol. The molecule has 0 amide bonds. The van der Waals surface area contributed by atoms with Crippen molar-refractivity contribution < 1.29 is 0 Å². The van der Waals surface area contributed by atoms with Crippen LogP contribution in [0.25, 0.3) is 0 Å². The van der Waals surface area contributed by atoms with Crippen molar-refractivity contribution in [2.24, 2.45) is 11.8 Å². The standard InChI is InChI=1S/C5H9Br/c1-4-2-5(4)3-6/h4-5H,2-3H2,1H3/t4-,5-/m0/s1. The summed E-state index contributed by atoms with van der Waals surface area (Å²) in [6.07, 6.45) is 1.45. The Morgan fingerprint density at radius 1 is 1.83 bits per heavy atom. The molecule has 1 aliphatic carbocycles. The van der Waals surface area contributed by atoms with Gasteiger partial charge in [0, 0.05) is 5.33 Å². The molecule has 36 valence electrons. The Labute approximate surface area is 47.1 Å². The van der Waals surface area contributed by atoms with Crippen molar-refractivity contribution in [2.75, 3.05) is 5.33 Å². The van der Waals surface area contributed by atoms with E-state index in [-0.39, 0.29) is 0 Å². The number of alkyl halides is 1. The predicted octanol–water partition coefficient (Wildman–Crippen LogP) is 2.04. The quantitative estimate of drug-likeness (QED) is 0.500. The molecule has 1 aliphatic rings. The van der Waals surface area contributed by atoms with E-state index in [1.807, 2.05) is 0 Å². The van der Waals surface area contributed by atoms with E-state index >= 15 is 0 Å². The highest BCUT2D eigenvalue weighted by Crippen LogP contribution is 2.38. The monoisotopic (exact) mass is 148 g/mol. The molecule has 0 aliphatic heterocycles. The molecular formula is C5H9Br. The van der Waals surface area contributed by atoms with Gasteiger partial charge in [-0.1, -0.05) is 22.9 Å². The molecule has 0 saturated heterocycles. The molecule has 1 saturated carbocycles. The van der Waals surface area contributed by atoms with Crippen molar-refractivity contribution in [1.82, 2.24) is 0 Å². The van der Waals surface area contributed by atoms with E-state index in [2.05, 4.69) is 22.9 Å². The summed E-state index contributed by atoms with van der Waals surface area (Å²) in [6, 6.07) is 0. The maximum Gasteiger partial charge on any atom is 0.00623 e. The van der Waals surface area contributed by atoms with Gasteiger partial charge in [-0.25, -0.2) is 0 Å². The molecule has 0 aromatic rings. The Kier molecular flexibility index (Phi) is 1.18. The van der Waals surface area contributed by atoms with Crippen molar-refractivity contribution in [3.8, 4) is 0 Å². The minimum Gasteiger partial charge on any atom is -0.0925 e. The first-order valence-corrected chi connectivity index (χ1v) is 3.52. The highest BCUT2D eigenvalue weighted by atomic mass is 79.9. The fraction of sp³-hybridized carbons (Fsp3) is 1.00. The maximum absolute atomic E-state index is 3.42. The lowest BCUT2D eigenvalue weighted by atomic mass is 10.4. The molecule has 1 rings (SSSR count). The summed E-state index contributed by atoms with van der Waals surface area (Å²) in [6.45, 7) is 2.30. The molecule has 2 atom stereocenters. The van der Waals surface area contributed by atoms with Gasteiger partial charge in [-0.3, -0.25) is 0 Å². The number of hydrogen-bond acceptors (Lipinski definition) is 0. The Hall–Kier alpha value is 0.480. The number of hydrogen-bond donors (Lipinski definition) is 0.